The number of nitrogen functional groups attached to an aromatic ring is 1. The normalized spacial score (nSPS) is 26.4. The van der Waals surface area contributed by atoms with Gasteiger partial charge in [-0.3, -0.25) is 19.1 Å². The van der Waals surface area contributed by atoms with E-state index in [-0.39, 0.29) is 51.7 Å². The van der Waals surface area contributed by atoms with Crippen molar-refractivity contribution in [2.75, 3.05) is 12.3 Å². The number of nitrogens with one attached hydrogen (secondary N) is 1. The minimum Gasteiger partial charge on any atom is -0.486 e. The molecule has 2 saturated heterocycles. The van der Waals surface area contributed by atoms with Gasteiger partial charge in [-0.25, -0.2) is 4.98 Å². The number of ketones is 1. The van der Waals surface area contributed by atoms with Gasteiger partial charge in [0, 0.05) is 0 Å². The number of carbonyl (C=O) groups is 1. The summed E-state index contributed by atoms with van der Waals surface area (Å²) in [5.74, 6) is 0.0548. The molecule has 13 nitrogen and oxygen atoms in total. The molecule has 2 aromatic heterocycles. The van der Waals surface area contributed by atoms with Gasteiger partial charge in [-0.05, 0) is 34.3 Å². The topological polar surface area (TPSA) is 173 Å². The lowest BCUT2D eigenvalue weighted by molar-refractivity contribution is -0.145. The van der Waals surface area contributed by atoms with E-state index in [1.54, 1.807) is 12.1 Å². The van der Waals surface area contributed by atoms with E-state index in [0.29, 0.717) is 5.75 Å². The van der Waals surface area contributed by atoms with Crippen LogP contribution in [0.4, 0.5) is 5.95 Å². The first-order valence-electron chi connectivity index (χ1n) is 15.5. The molecule has 45 heavy (non-hydrogen) atoms. The number of aromatic nitrogens is 4. The van der Waals surface area contributed by atoms with Crippen LogP contribution in [-0.2, 0) is 22.5 Å². The average molecular weight is 660 g/mol. The zero-order chi connectivity index (χ0) is 32.8. The third kappa shape index (κ3) is 5.90. The van der Waals surface area contributed by atoms with Crippen LogP contribution in [0.2, 0.25) is 22.2 Å². The van der Waals surface area contributed by atoms with E-state index >= 15 is 0 Å². The standard InChI is InChI=1S/C30H45N5O8Si2/c1-16(2)44(17(3)4)41-24(21(36)14-39-20-12-10-9-11-13-20)26-25(42-45(43-44,18(5)6)19(7)8)23(37)29(40-26)35-15-32-22-27(35)33-30(31)34-28(22)38/h9-13,15-19,23-26,29,37H,14H2,1-8H3,(H3,31,33,34,38)/t23-,24?,25+,26-,29-/m1/s1. The molecule has 15 heteroatoms. The van der Waals surface area contributed by atoms with Gasteiger partial charge < -0.3 is 33.3 Å². The third-order valence-electron chi connectivity index (χ3n) is 8.88. The molecule has 1 aromatic carbocycles. The van der Waals surface area contributed by atoms with Crippen LogP contribution < -0.4 is 16.0 Å². The third-order valence-corrected chi connectivity index (χ3v) is 19.1. The summed E-state index contributed by atoms with van der Waals surface area (Å²) >= 11 is 0. The number of anilines is 1. The lowest BCUT2D eigenvalue weighted by atomic mass is 10.0. The second-order valence-electron chi connectivity index (χ2n) is 13.1. The number of ether oxygens (including phenoxy) is 2. The molecule has 2 aliphatic rings. The lowest BCUT2D eigenvalue weighted by Gasteiger charge is -2.52. The molecule has 0 saturated carbocycles. The van der Waals surface area contributed by atoms with E-state index < -0.39 is 53.3 Å². The molecule has 246 valence electrons. The Kier molecular flexibility index (Phi) is 9.44. The molecule has 5 rings (SSSR count). The summed E-state index contributed by atoms with van der Waals surface area (Å²) in [6.07, 6.45) is -4.29. The summed E-state index contributed by atoms with van der Waals surface area (Å²) < 4.78 is 35.4. The number of nitrogens with two attached hydrogens (primary N) is 1. The van der Waals surface area contributed by atoms with E-state index in [1.165, 1.54) is 10.9 Å². The van der Waals surface area contributed by atoms with Crippen molar-refractivity contribution in [3.8, 4) is 5.75 Å². The van der Waals surface area contributed by atoms with Crippen molar-refractivity contribution < 1.29 is 32.3 Å². The van der Waals surface area contributed by atoms with Crippen molar-refractivity contribution in [2.45, 2.75) is 108 Å². The Morgan fingerprint density at radius 2 is 1.60 bits per heavy atom. The molecule has 1 unspecified atom stereocenters. The summed E-state index contributed by atoms with van der Waals surface area (Å²) in [6.45, 7) is 16.2. The molecule has 0 spiro atoms. The Morgan fingerprint density at radius 3 is 2.20 bits per heavy atom. The molecule has 3 aromatic rings. The van der Waals surface area contributed by atoms with Gasteiger partial charge in [0.15, 0.2) is 23.2 Å². The largest absolute Gasteiger partial charge is 0.486 e. The number of para-hydroxylation sites is 1. The van der Waals surface area contributed by atoms with Crippen LogP contribution in [0, 0.1) is 0 Å². The molecule has 0 bridgehead atoms. The summed E-state index contributed by atoms with van der Waals surface area (Å²) in [5, 5.41) is 12.0. The molecule has 4 heterocycles. The summed E-state index contributed by atoms with van der Waals surface area (Å²) in [7, 11) is -6.43. The van der Waals surface area contributed by atoms with Gasteiger partial charge in [0.1, 0.15) is 36.8 Å². The Hall–Kier alpha value is -2.93. The van der Waals surface area contributed by atoms with E-state index in [4.69, 9.17) is 28.2 Å². The average Bonchev–Trinajstić information content (AvgIpc) is 3.52. The Morgan fingerprint density at radius 1 is 1.00 bits per heavy atom. The highest BCUT2D eigenvalue weighted by atomic mass is 28.5. The van der Waals surface area contributed by atoms with Gasteiger partial charge >= 0.3 is 17.1 Å². The van der Waals surface area contributed by atoms with Crippen LogP contribution in [-0.4, -0.2) is 78.6 Å². The van der Waals surface area contributed by atoms with Crippen molar-refractivity contribution in [3.05, 3.63) is 47.0 Å². The first kappa shape index (κ1) is 33.4. The molecule has 0 aliphatic carbocycles. The van der Waals surface area contributed by atoms with Gasteiger partial charge in [0.2, 0.25) is 5.95 Å². The monoisotopic (exact) mass is 659 g/mol. The lowest BCUT2D eigenvalue weighted by Crippen LogP contribution is -2.68. The highest BCUT2D eigenvalue weighted by Gasteiger charge is 2.64. The minimum absolute atomic E-state index is 0.0276. The second kappa shape index (κ2) is 12.7. The van der Waals surface area contributed by atoms with E-state index in [2.05, 4.69) is 70.3 Å². The van der Waals surface area contributed by atoms with Crippen molar-refractivity contribution in [1.82, 2.24) is 19.5 Å². The number of rotatable bonds is 9. The molecule has 2 aliphatic heterocycles. The minimum atomic E-state index is -3.24. The van der Waals surface area contributed by atoms with Crippen LogP contribution in [0.1, 0.15) is 61.6 Å². The van der Waals surface area contributed by atoms with Crippen molar-refractivity contribution in [1.29, 1.82) is 0 Å². The number of benzene rings is 1. The van der Waals surface area contributed by atoms with Crippen LogP contribution in [0.15, 0.2) is 41.5 Å². The number of aliphatic hydroxyl groups is 1. The van der Waals surface area contributed by atoms with Crippen LogP contribution in [0.25, 0.3) is 11.2 Å². The highest BCUT2D eigenvalue weighted by molar-refractivity contribution is 6.84. The van der Waals surface area contributed by atoms with Crippen molar-refractivity contribution >= 4 is 40.0 Å². The number of hydrogen-bond donors (Lipinski definition) is 3. The van der Waals surface area contributed by atoms with Crippen LogP contribution in [0.5, 0.6) is 5.75 Å². The molecule has 5 atom stereocenters. The quantitative estimate of drug-likeness (QED) is 0.284. The zero-order valence-corrected chi connectivity index (χ0v) is 29.1. The number of imidazole rings is 1. The SMILES string of the molecule is CC(C)[Si]1(C(C)C)OC(C(=O)COc2ccccc2)[C@H]2O[C@@H](n3cnc4c(=O)[nH]c(N)nc43)[C@H](O)[C@@H]2O[Si](C(C)C)(C(C)C)O1. The van der Waals surface area contributed by atoms with Crippen molar-refractivity contribution in [2.24, 2.45) is 0 Å². The van der Waals surface area contributed by atoms with Crippen LogP contribution in [0.3, 0.4) is 0 Å². The van der Waals surface area contributed by atoms with E-state index in [0.717, 1.165) is 0 Å². The van der Waals surface area contributed by atoms with Gasteiger partial charge in [0.25, 0.3) is 5.56 Å². The second-order valence-corrected chi connectivity index (χ2v) is 21.9. The molecule has 0 radical (unpaired) electrons. The maximum atomic E-state index is 14.2. The van der Waals surface area contributed by atoms with Gasteiger partial charge in [-0.15, -0.1) is 0 Å². The van der Waals surface area contributed by atoms with E-state index in [1.807, 2.05) is 18.2 Å². The number of hydrogen-bond acceptors (Lipinski definition) is 11. The fraction of sp³-hybridized carbons (Fsp3) is 0.600. The molecular formula is C30H45N5O8Si2. The Balaban J connectivity index is 1.64. The molecule has 2 fully saturated rings. The Bertz CT molecular complexity index is 1550. The fourth-order valence-corrected chi connectivity index (χ4v) is 17.8. The van der Waals surface area contributed by atoms with E-state index in [9.17, 15) is 14.7 Å². The molecule has 0 amide bonds. The number of aromatic amines is 1. The maximum Gasteiger partial charge on any atom is 0.335 e. The van der Waals surface area contributed by atoms with Gasteiger partial charge in [-0.2, -0.15) is 4.98 Å². The number of carbonyl (C=O) groups excluding carboxylic acids is 1. The molecular weight excluding hydrogens is 615 g/mol. The number of aliphatic hydroxyl groups excluding tert-OH is 1. The number of fused-ring (bicyclic) bond motifs is 2. The number of Topliss-reactive ketones (excluding diaryl/α,β-unsaturated/α-hetero) is 1. The summed E-state index contributed by atoms with van der Waals surface area (Å²) in [4.78, 5) is 37.6. The van der Waals surface area contributed by atoms with Gasteiger partial charge in [-0.1, -0.05) is 73.6 Å². The fourth-order valence-electron chi connectivity index (χ4n) is 6.54. The summed E-state index contributed by atoms with van der Waals surface area (Å²) in [5.41, 5.74) is 5.34. The summed E-state index contributed by atoms with van der Waals surface area (Å²) in [6, 6.07) is 9.04. The van der Waals surface area contributed by atoms with Crippen molar-refractivity contribution in [3.63, 3.8) is 0 Å². The Labute approximate surface area is 264 Å². The number of H-pyrrole nitrogens is 1. The first-order valence-corrected chi connectivity index (χ1v) is 19.5. The highest BCUT2D eigenvalue weighted by Crippen LogP contribution is 2.50. The predicted octanol–water partition coefficient (Wildman–Crippen LogP) is 3.93. The first-order chi connectivity index (χ1) is 21.2. The smallest absolute Gasteiger partial charge is 0.335 e. The maximum absolute atomic E-state index is 14.2. The van der Waals surface area contributed by atoms with Crippen LogP contribution >= 0.6 is 0 Å². The molecule has 4 N–H and O–H groups in total. The zero-order valence-electron chi connectivity index (χ0n) is 27.1. The predicted molar refractivity (Wildman–Crippen MR) is 172 cm³/mol. The number of nitrogens with zero attached hydrogens (tertiary/aromatic N) is 3. The van der Waals surface area contributed by atoms with Gasteiger partial charge in [0.05, 0.1) is 6.33 Å².